The molecule has 1 unspecified atom stereocenters. The normalized spacial score (nSPS) is 14.5. The van der Waals surface area contributed by atoms with E-state index in [1.165, 1.54) is 13.0 Å². The summed E-state index contributed by atoms with van der Waals surface area (Å²) in [6.45, 7) is 1.16. The Morgan fingerprint density at radius 2 is 2.31 bits per heavy atom. The van der Waals surface area contributed by atoms with Crippen molar-refractivity contribution in [2.24, 2.45) is 5.73 Å². The number of nitrogens with two attached hydrogens (primary N) is 1. The fourth-order valence-corrected chi connectivity index (χ4v) is 1.02. The van der Waals surface area contributed by atoms with Crippen LogP contribution in [0.4, 0.5) is 0 Å². The van der Waals surface area contributed by atoms with Crippen molar-refractivity contribution in [3.63, 3.8) is 0 Å². The van der Waals surface area contributed by atoms with E-state index in [9.17, 15) is 9.90 Å². The highest BCUT2D eigenvalue weighted by Crippen LogP contribution is 2.07. The lowest BCUT2D eigenvalue weighted by molar-refractivity contribution is 0.00299. The Morgan fingerprint density at radius 3 is 2.81 bits per heavy atom. The van der Waals surface area contributed by atoms with Gasteiger partial charge >= 0.3 is 0 Å². The van der Waals surface area contributed by atoms with Gasteiger partial charge in [0.2, 0.25) is 0 Å². The van der Waals surface area contributed by atoms with Gasteiger partial charge in [-0.3, -0.25) is 4.79 Å². The summed E-state index contributed by atoms with van der Waals surface area (Å²) in [5, 5.41) is 20.7. The molecule has 1 atom stereocenters. The van der Waals surface area contributed by atoms with Crippen molar-refractivity contribution < 1.29 is 19.4 Å². The molecule has 1 amide bonds. The monoisotopic (exact) mass is 228 g/mol. The Morgan fingerprint density at radius 1 is 1.62 bits per heavy atom. The SMILES string of the molecule is CC(O)(CO)CNC(=O)c1ccc(CN)o1. The van der Waals surface area contributed by atoms with Gasteiger partial charge in [-0.15, -0.1) is 0 Å². The average molecular weight is 228 g/mol. The molecular formula is C10H16N2O4. The van der Waals surface area contributed by atoms with E-state index in [0.717, 1.165) is 0 Å². The molecule has 0 aromatic carbocycles. The van der Waals surface area contributed by atoms with Crippen LogP contribution in [-0.4, -0.2) is 34.9 Å². The second-order valence-electron chi connectivity index (χ2n) is 3.81. The highest BCUT2D eigenvalue weighted by molar-refractivity contribution is 5.91. The van der Waals surface area contributed by atoms with Crippen molar-refractivity contribution in [2.45, 2.75) is 19.1 Å². The van der Waals surface area contributed by atoms with E-state index in [1.54, 1.807) is 6.07 Å². The van der Waals surface area contributed by atoms with E-state index in [1.807, 2.05) is 0 Å². The van der Waals surface area contributed by atoms with Crippen molar-refractivity contribution in [2.75, 3.05) is 13.2 Å². The van der Waals surface area contributed by atoms with E-state index < -0.39 is 18.1 Å². The minimum atomic E-state index is -1.33. The lowest BCUT2D eigenvalue weighted by Gasteiger charge is -2.19. The zero-order chi connectivity index (χ0) is 12.2. The largest absolute Gasteiger partial charge is 0.455 e. The van der Waals surface area contributed by atoms with Crippen LogP contribution in [0.2, 0.25) is 0 Å². The van der Waals surface area contributed by atoms with Crippen LogP contribution in [0, 0.1) is 0 Å². The molecule has 0 saturated carbocycles. The summed E-state index contributed by atoms with van der Waals surface area (Å²) in [6.07, 6.45) is 0. The Hall–Kier alpha value is -1.37. The van der Waals surface area contributed by atoms with Gasteiger partial charge < -0.3 is 25.7 Å². The fraction of sp³-hybridized carbons (Fsp3) is 0.500. The molecule has 0 fully saturated rings. The third-order valence-electron chi connectivity index (χ3n) is 2.06. The molecule has 5 N–H and O–H groups in total. The lowest BCUT2D eigenvalue weighted by atomic mass is 10.1. The minimum Gasteiger partial charge on any atom is -0.455 e. The van der Waals surface area contributed by atoms with Gasteiger partial charge in [0.1, 0.15) is 11.4 Å². The quantitative estimate of drug-likeness (QED) is 0.528. The maximum atomic E-state index is 11.5. The molecule has 90 valence electrons. The zero-order valence-corrected chi connectivity index (χ0v) is 9.06. The Bertz CT molecular complexity index is 359. The van der Waals surface area contributed by atoms with Crippen LogP contribution in [0.1, 0.15) is 23.2 Å². The molecule has 1 aromatic heterocycles. The molecule has 1 heterocycles. The van der Waals surface area contributed by atoms with Gasteiger partial charge in [-0.25, -0.2) is 0 Å². The van der Waals surface area contributed by atoms with E-state index in [0.29, 0.717) is 5.76 Å². The number of furan rings is 1. The van der Waals surface area contributed by atoms with E-state index in [2.05, 4.69) is 5.32 Å². The Labute approximate surface area is 93.1 Å². The predicted molar refractivity (Wildman–Crippen MR) is 56.6 cm³/mol. The third-order valence-corrected chi connectivity index (χ3v) is 2.06. The molecule has 0 saturated heterocycles. The first-order valence-electron chi connectivity index (χ1n) is 4.89. The van der Waals surface area contributed by atoms with Crippen LogP contribution in [-0.2, 0) is 6.54 Å². The standard InChI is InChI=1S/C10H16N2O4/c1-10(15,6-13)5-12-9(14)8-3-2-7(4-11)16-8/h2-3,13,15H,4-6,11H2,1H3,(H,12,14). The molecule has 0 radical (unpaired) electrons. The van der Waals surface area contributed by atoms with E-state index in [4.69, 9.17) is 15.3 Å². The van der Waals surface area contributed by atoms with E-state index in [-0.39, 0.29) is 18.8 Å². The second-order valence-corrected chi connectivity index (χ2v) is 3.81. The van der Waals surface area contributed by atoms with Gasteiger partial charge in [-0.05, 0) is 19.1 Å². The number of aliphatic hydroxyl groups is 2. The Kier molecular flexibility index (Phi) is 4.05. The molecule has 0 spiro atoms. The van der Waals surface area contributed by atoms with Crippen LogP contribution in [0.5, 0.6) is 0 Å². The zero-order valence-electron chi connectivity index (χ0n) is 9.06. The number of hydrogen-bond donors (Lipinski definition) is 4. The Balaban J connectivity index is 2.53. The summed E-state index contributed by atoms with van der Waals surface area (Å²) in [6, 6.07) is 3.12. The van der Waals surface area contributed by atoms with Gasteiger partial charge in [-0.1, -0.05) is 0 Å². The highest BCUT2D eigenvalue weighted by Gasteiger charge is 2.21. The first-order chi connectivity index (χ1) is 7.48. The van der Waals surface area contributed by atoms with Gasteiger partial charge in [0.25, 0.3) is 5.91 Å². The van der Waals surface area contributed by atoms with Gasteiger partial charge in [0.15, 0.2) is 5.76 Å². The summed E-state index contributed by atoms with van der Waals surface area (Å²) >= 11 is 0. The summed E-state index contributed by atoms with van der Waals surface area (Å²) in [4.78, 5) is 11.5. The molecule has 6 heteroatoms. The van der Waals surface area contributed by atoms with Crippen molar-refractivity contribution in [3.05, 3.63) is 23.7 Å². The predicted octanol–water partition coefficient (Wildman–Crippen LogP) is -0.789. The molecule has 0 aliphatic heterocycles. The number of hydrogen-bond acceptors (Lipinski definition) is 5. The van der Waals surface area contributed by atoms with Crippen molar-refractivity contribution in [1.29, 1.82) is 0 Å². The van der Waals surface area contributed by atoms with Crippen LogP contribution in [0.25, 0.3) is 0 Å². The lowest BCUT2D eigenvalue weighted by Crippen LogP contribution is -2.43. The van der Waals surface area contributed by atoms with Crippen molar-refractivity contribution in [3.8, 4) is 0 Å². The molecule has 1 aromatic rings. The van der Waals surface area contributed by atoms with Crippen LogP contribution in [0.3, 0.4) is 0 Å². The maximum Gasteiger partial charge on any atom is 0.287 e. The molecule has 0 bridgehead atoms. The van der Waals surface area contributed by atoms with Crippen molar-refractivity contribution >= 4 is 5.91 Å². The third kappa shape index (κ3) is 3.34. The number of nitrogens with one attached hydrogen (secondary N) is 1. The highest BCUT2D eigenvalue weighted by atomic mass is 16.4. The summed E-state index contributed by atoms with van der Waals surface area (Å²) < 4.78 is 5.11. The molecule has 0 aliphatic carbocycles. The number of amides is 1. The first-order valence-corrected chi connectivity index (χ1v) is 4.89. The van der Waals surface area contributed by atoms with Gasteiger partial charge in [0.05, 0.1) is 13.2 Å². The van der Waals surface area contributed by atoms with E-state index >= 15 is 0 Å². The smallest absolute Gasteiger partial charge is 0.287 e. The molecule has 1 rings (SSSR count). The van der Waals surface area contributed by atoms with Gasteiger partial charge in [-0.2, -0.15) is 0 Å². The fourth-order valence-electron chi connectivity index (χ4n) is 1.02. The maximum absolute atomic E-state index is 11.5. The van der Waals surface area contributed by atoms with Crippen LogP contribution >= 0.6 is 0 Å². The topological polar surface area (TPSA) is 109 Å². The molecule has 16 heavy (non-hydrogen) atoms. The average Bonchev–Trinajstić information content (AvgIpc) is 2.74. The van der Waals surface area contributed by atoms with Gasteiger partial charge in [0, 0.05) is 6.54 Å². The number of carbonyl (C=O) groups is 1. The summed E-state index contributed by atoms with van der Waals surface area (Å²) in [7, 11) is 0. The molecule has 6 nitrogen and oxygen atoms in total. The summed E-state index contributed by atoms with van der Waals surface area (Å²) in [5.74, 6) is 0.196. The molecule has 0 aliphatic rings. The number of carbonyl (C=O) groups excluding carboxylic acids is 1. The second kappa shape index (κ2) is 5.11. The number of aliphatic hydroxyl groups excluding tert-OH is 1. The van der Waals surface area contributed by atoms with Crippen molar-refractivity contribution in [1.82, 2.24) is 5.32 Å². The van der Waals surface area contributed by atoms with Crippen LogP contribution < -0.4 is 11.1 Å². The molecular weight excluding hydrogens is 212 g/mol. The number of rotatable bonds is 5. The summed E-state index contributed by atoms with van der Waals surface area (Å²) in [5.41, 5.74) is 4.00. The van der Waals surface area contributed by atoms with Crippen LogP contribution in [0.15, 0.2) is 16.5 Å². The first kappa shape index (κ1) is 12.7. The minimum absolute atomic E-state index is 0.0546.